The van der Waals surface area contributed by atoms with Crippen molar-refractivity contribution in [1.82, 2.24) is 9.55 Å². The van der Waals surface area contributed by atoms with Crippen molar-refractivity contribution in [2.45, 2.75) is 24.8 Å². The second-order valence-corrected chi connectivity index (χ2v) is 9.57. The van der Waals surface area contributed by atoms with E-state index >= 15 is 0 Å². The van der Waals surface area contributed by atoms with Gasteiger partial charge in [-0.3, -0.25) is 9.36 Å². The summed E-state index contributed by atoms with van der Waals surface area (Å²) in [5, 5.41) is 0.556. The number of hydrogen-bond acceptors (Lipinski definition) is 5. The van der Waals surface area contributed by atoms with E-state index in [-0.39, 0.29) is 30.7 Å². The fourth-order valence-corrected chi connectivity index (χ4v) is 5.50. The van der Waals surface area contributed by atoms with E-state index in [1.807, 2.05) is 36.4 Å². The van der Waals surface area contributed by atoms with E-state index < -0.39 is 6.16 Å². The highest BCUT2D eigenvalue weighted by Gasteiger charge is 2.30. The van der Waals surface area contributed by atoms with Gasteiger partial charge in [0, 0.05) is 16.8 Å². The zero-order valence-electron chi connectivity index (χ0n) is 18.2. The summed E-state index contributed by atoms with van der Waals surface area (Å²) in [6, 6.07) is 21.6. The molecule has 2 aliphatic rings. The van der Waals surface area contributed by atoms with Gasteiger partial charge in [0.1, 0.15) is 19.0 Å². The zero-order chi connectivity index (χ0) is 23.2. The second-order valence-electron chi connectivity index (χ2n) is 8.66. The Morgan fingerprint density at radius 2 is 1.65 bits per heavy atom. The van der Waals surface area contributed by atoms with Crippen LogP contribution in [-0.2, 0) is 15.9 Å². The van der Waals surface area contributed by atoms with Crippen LogP contribution in [0, 0.1) is 0 Å². The van der Waals surface area contributed by atoms with Crippen LogP contribution in [0.3, 0.4) is 0 Å². The molecule has 6 rings (SSSR count). The average Bonchev–Trinajstić information content (AvgIpc) is 3.40. The van der Waals surface area contributed by atoms with Gasteiger partial charge in [-0.2, -0.15) is 0 Å². The van der Waals surface area contributed by atoms with Crippen molar-refractivity contribution in [2.24, 2.45) is 0 Å². The molecule has 1 aliphatic heterocycles. The Morgan fingerprint density at radius 3 is 2.38 bits per heavy atom. The lowest BCUT2D eigenvalue weighted by Crippen LogP contribution is -2.27. The van der Waals surface area contributed by atoms with Gasteiger partial charge in [-0.1, -0.05) is 64.5 Å². The summed E-state index contributed by atoms with van der Waals surface area (Å²) in [5.74, 6) is 0.696. The zero-order valence-corrected chi connectivity index (χ0v) is 19.8. The van der Waals surface area contributed by atoms with Gasteiger partial charge in [0.15, 0.2) is 0 Å². The Bertz CT molecular complexity index is 1450. The molecule has 0 saturated carbocycles. The van der Waals surface area contributed by atoms with Crippen LogP contribution >= 0.6 is 15.9 Å². The molecule has 2 heterocycles. The first kappa shape index (κ1) is 21.1. The standard InChI is InChI=1S/C27H21BrN2O4/c28-16-9-11-22-24(13-16)29-25-12-10-17(30(25)26(22)31)14-33-27(32)34-15-23-20-7-3-1-5-18(20)19-6-2-4-8-21(19)23/h1-9,11,13,17,23H,10,12,14-15H2. The quantitative estimate of drug-likeness (QED) is 0.329. The molecule has 1 unspecified atom stereocenters. The molecule has 4 aromatic rings. The van der Waals surface area contributed by atoms with Crippen LogP contribution in [0.25, 0.3) is 22.0 Å². The van der Waals surface area contributed by atoms with Crippen LogP contribution in [0.5, 0.6) is 0 Å². The van der Waals surface area contributed by atoms with E-state index in [9.17, 15) is 9.59 Å². The van der Waals surface area contributed by atoms with Gasteiger partial charge in [0.25, 0.3) is 5.56 Å². The van der Waals surface area contributed by atoms with Crippen LogP contribution in [-0.4, -0.2) is 28.9 Å². The molecule has 0 radical (unpaired) electrons. The van der Waals surface area contributed by atoms with Gasteiger partial charge in [0.05, 0.1) is 16.9 Å². The van der Waals surface area contributed by atoms with Crippen molar-refractivity contribution in [3.8, 4) is 11.1 Å². The Balaban J connectivity index is 1.14. The third kappa shape index (κ3) is 3.51. The minimum atomic E-state index is -0.721. The van der Waals surface area contributed by atoms with Crippen LogP contribution in [0.1, 0.15) is 35.3 Å². The van der Waals surface area contributed by atoms with Crippen molar-refractivity contribution < 1.29 is 14.3 Å². The van der Waals surface area contributed by atoms with Gasteiger partial charge in [-0.25, -0.2) is 9.78 Å². The first-order valence-electron chi connectivity index (χ1n) is 11.3. The van der Waals surface area contributed by atoms with E-state index in [2.05, 4.69) is 45.2 Å². The third-order valence-corrected chi connectivity index (χ3v) is 7.22. The van der Waals surface area contributed by atoms with Gasteiger partial charge < -0.3 is 9.47 Å². The number of nitrogens with zero attached hydrogens (tertiary/aromatic N) is 2. The average molecular weight is 517 g/mol. The van der Waals surface area contributed by atoms with Crippen molar-refractivity contribution in [2.75, 3.05) is 13.2 Å². The Hall–Kier alpha value is -3.45. The van der Waals surface area contributed by atoms with E-state index in [1.165, 1.54) is 11.1 Å². The fraction of sp³-hybridized carbons (Fsp3) is 0.222. The summed E-state index contributed by atoms with van der Waals surface area (Å²) in [4.78, 5) is 30.2. The Morgan fingerprint density at radius 1 is 0.971 bits per heavy atom. The number of aryl methyl sites for hydroxylation is 1. The summed E-state index contributed by atoms with van der Waals surface area (Å²) in [7, 11) is 0. The molecule has 0 amide bonds. The number of ether oxygens (including phenoxy) is 2. The summed E-state index contributed by atoms with van der Waals surface area (Å²) in [6.07, 6.45) is 0.633. The molecule has 7 heteroatoms. The monoisotopic (exact) mass is 516 g/mol. The molecular formula is C27H21BrN2O4. The molecule has 0 saturated heterocycles. The lowest BCUT2D eigenvalue weighted by Gasteiger charge is -2.17. The van der Waals surface area contributed by atoms with Crippen LogP contribution < -0.4 is 5.56 Å². The van der Waals surface area contributed by atoms with Crippen molar-refractivity contribution in [3.63, 3.8) is 0 Å². The molecule has 3 aromatic carbocycles. The number of halogens is 1. The lowest BCUT2D eigenvalue weighted by atomic mass is 9.98. The molecule has 170 valence electrons. The van der Waals surface area contributed by atoms with Gasteiger partial charge in [0.2, 0.25) is 0 Å². The minimum Gasteiger partial charge on any atom is -0.433 e. The molecule has 0 spiro atoms. The third-order valence-electron chi connectivity index (χ3n) is 6.73. The predicted octanol–water partition coefficient (Wildman–Crippen LogP) is 5.61. The molecule has 0 fully saturated rings. The molecule has 34 heavy (non-hydrogen) atoms. The molecule has 0 N–H and O–H groups in total. The number of hydrogen-bond donors (Lipinski definition) is 0. The Labute approximate surface area is 204 Å². The maximum absolute atomic E-state index is 13.1. The van der Waals surface area contributed by atoms with E-state index in [0.29, 0.717) is 23.7 Å². The molecule has 6 nitrogen and oxygen atoms in total. The molecular weight excluding hydrogens is 496 g/mol. The topological polar surface area (TPSA) is 70.4 Å². The smallest absolute Gasteiger partial charge is 0.433 e. The highest BCUT2D eigenvalue weighted by molar-refractivity contribution is 9.10. The van der Waals surface area contributed by atoms with Crippen molar-refractivity contribution in [1.29, 1.82) is 0 Å². The largest absolute Gasteiger partial charge is 0.508 e. The minimum absolute atomic E-state index is 0.0235. The normalized spacial score (nSPS) is 16.2. The molecule has 1 aromatic heterocycles. The molecule has 1 atom stereocenters. The number of aromatic nitrogens is 2. The second kappa shape index (κ2) is 8.40. The van der Waals surface area contributed by atoms with Gasteiger partial charge in [-0.15, -0.1) is 0 Å². The number of carbonyl (C=O) groups is 1. The van der Waals surface area contributed by atoms with E-state index in [4.69, 9.17) is 9.47 Å². The van der Waals surface area contributed by atoms with Crippen molar-refractivity contribution >= 4 is 33.0 Å². The SMILES string of the molecule is O=C(OCC1c2ccccc2-c2ccccc21)OCC1CCc2nc3cc(Br)ccc3c(=O)n21. The lowest BCUT2D eigenvalue weighted by molar-refractivity contribution is 0.0442. The van der Waals surface area contributed by atoms with Crippen molar-refractivity contribution in [3.05, 3.63) is 98.5 Å². The van der Waals surface area contributed by atoms with Crippen LogP contribution in [0.2, 0.25) is 0 Å². The molecule has 1 aliphatic carbocycles. The van der Waals surface area contributed by atoms with Crippen LogP contribution in [0.15, 0.2) is 76.0 Å². The first-order chi connectivity index (χ1) is 16.6. The number of rotatable bonds is 4. The predicted molar refractivity (Wildman–Crippen MR) is 132 cm³/mol. The van der Waals surface area contributed by atoms with E-state index in [1.54, 1.807) is 10.6 Å². The molecule has 0 bridgehead atoms. The number of carbonyl (C=O) groups excluding carboxylic acids is 1. The summed E-state index contributed by atoms with van der Waals surface area (Å²) in [6.45, 7) is 0.280. The maximum atomic E-state index is 13.1. The fourth-order valence-electron chi connectivity index (χ4n) is 5.15. The summed E-state index contributed by atoms with van der Waals surface area (Å²) >= 11 is 3.43. The summed E-state index contributed by atoms with van der Waals surface area (Å²) in [5.41, 5.74) is 5.21. The van der Waals surface area contributed by atoms with Gasteiger partial charge in [-0.05, 0) is 46.9 Å². The maximum Gasteiger partial charge on any atom is 0.508 e. The Kier molecular flexibility index (Phi) is 5.21. The van der Waals surface area contributed by atoms with E-state index in [0.717, 1.165) is 21.4 Å². The summed E-state index contributed by atoms with van der Waals surface area (Å²) < 4.78 is 13.5. The van der Waals surface area contributed by atoms with Gasteiger partial charge >= 0.3 is 6.16 Å². The first-order valence-corrected chi connectivity index (χ1v) is 12.1. The number of benzene rings is 3. The highest BCUT2D eigenvalue weighted by atomic mass is 79.9. The number of fused-ring (bicyclic) bond motifs is 5. The highest BCUT2D eigenvalue weighted by Crippen LogP contribution is 2.44. The van der Waals surface area contributed by atoms with Crippen LogP contribution in [0.4, 0.5) is 4.79 Å².